The molecule has 96 valence electrons. The van der Waals surface area contributed by atoms with Gasteiger partial charge in [-0.25, -0.2) is 4.98 Å². The Kier molecular flexibility index (Phi) is 4.24. The SMILES string of the molecule is CC(=O)SC1CC(=O)N(c2ncc(Br)c(Cl)n2)C1. The van der Waals surface area contributed by atoms with E-state index in [2.05, 4.69) is 25.9 Å². The Labute approximate surface area is 121 Å². The van der Waals surface area contributed by atoms with Gasteiger partial charge in [0.1, 0.15) is 5.15 Å². The lowest BCUT2D eigenvalue weighted by molar-refractivity contribution is -0.117. The predicted molar refractivity (Wildman–Crippen MR) is 73.8 cm³/mol. The summed E-state index contributed by atoms with van der Waals surface area (Å²) < 4.78 is 0.578. The minimum atomic E-state index is -0.0906. The first-order valence-corrected chi connectivity index (χ1v) is 7.18. The van der Waals surface area contributed by atoms with Gasteiger partial charge in [-0.15, -0.1) is 0 Å². The molecular formula is C10H9BrClN3O2S. The third-order valence-electron chi connectivity index (χ3n) is 2.35. The first kappa shape index (κ1) is 13.8. The molecule has 1 unspecified atom stereocenters. The summed E-state index contributed by atoms with van der Waals surface area (Å²) in [7, 11) is 0. The minimum absolute atomic E-state index is 0.00408. The maximum absolute atomic E-state index is 11.8. The van der Waals surface area contributed by atoms with Crippen molar-refractivity contribution in [3.05, 3.63) is 15.8 Å². The lowest BCUT2D eigenvalue weighted by atomic mass is 10.4. The van der Waals surface area contributed by atoms with Crippen LogP contribution in [-0.2, 0) is 9.59 Å². The maximum Gasteiger partial charge on any atom is 0.233 e. The van der Waals surface area contributed by atoms with Gasteiger partial charge >= 0.3 is 0 Å². The molecule has 2 rings (SSSR count). The molecule has 0 bridgehead atoms. The van der Waals surface area contributed by atoms with E-state index < -0.39 is 0 Å². The Hall–Kier alpha value is -0.660. The molecule has 0 N–H and O–H groups in total. The van der Waals surface area contributed by atoms with Crippen molar-refractivity contribution in [1.82, 2.24) is 9.97 Å². The number of aromatic nitrogens is 2. The number of thioether (sulfide) groups is 1. The summed E-state index contributed by atoms with van der Waals surface area (Å²) in [5.74, 6) is 0.187. The Morgan fingerprint density at radius 3 is 3.00 bits per heavy atom. The predicted octanol–water partition coefficient (Wildman–Crippen LogP) is 2.28. The van der Waals surface area contributed by atoms with Gasteiger partial charge in [0.05, 0.1) is 4.47 Å². The quantitative estimate of drug-likeness (QED) is 0.766. The van der Waals surface area contributed by atoms with E-state index in [9.17, 15) is 9.59 Å². The smallest absolute Gasteiger partial charge is 0.233 e. The minimum Gasteiger partial charge on any atom is -0.288 e. The van der Waals surface area contributed by atoms with Crippen molar-refractivity contribution in [2.75, 3.05) is 11.4 Å². The highest BCUT2D eigenvalue weighted by molar-refractivity contribution is 9.10. The normalized spacial score (nSPS) is 19.4. The Morgan fingerprint density at radius 1 is 1.67 bits per heavy atom. The van der Waals surface area contributed by atoms with Gasteiger partial charge < -0.3 is 0 Å². The molecule has 1 amide bonds. The maximum atomic E-state index is 11.8. The molecule has 0 aliphatic carbocycles. The van der Waals surface area contributed by atoms with E-state index in [0.717, 1.165) is 0 Å². The summed E-state index contributed by atoms with van der Waals surface area (Å²) in [4.78, 5) is 32.4. The summed E-state index contributed by atoms with van der Waals surface area (Å²) in [5.41, 5.74) is 0. The largest absolute Gasteiger partial charge is 0.288 e. The number of hydrogen-bond acceptors (Lipinski definition) is 5. The van der Waals surface area contributed by atoms with Crippen LogP contribution >= 0.6 is 39.3 Å². The fourth-order valence-corrected chi connectivity index (χ4v) is 2.88. The van der Waals surface area contributed by atoms with Gasteiger partial charge in [0.15, 0.2) is 5.12 Å². The van der Waals surface area contributed by atoms with Gasteiger partial charge in [-0.2, -0.15) is 4.98 Å². The van der Waals surface area contributed by atoms with Crippen LogP contribution in [-0.4, -0.2) is 32.8 Å². The van der Waals surface area contributed by atoms with E-state index in [1.54, 1.807) is 0 Å². The van der Waals surface area contributed by atoms with Crippen LogP contribution in [0.1, 0.15) is 13.3 Å². The number of halogens is 2. The zero-order valence-electron chi connectivity index (χ0n) is 9.39. The van der Waals surface area contributed by atoms with Crippen LogP contribution in [0.4, 0.5) is 5.95 Å². The lowest BCUT2D eigenvalue weighted by Gasteiger charge is -2.14. The van der Waals surface area contributed by atoms with Crippen LogP contribution < -0.4 is 4.90 Å². The van der Waals surface area contributed by atoms with Crippen molar-refractivity contribution in [1.29, 1.82) is 0 Å². The topological polar surface area (TPSA) is 63.2 Å². The van der Waals surface area contributed by atoms with E-state index in [1.165, 1.54) is 29.8 Å². The van der Waals surface area contributed by atoms with Gasteiger partial charge in [-0.05, 0) is 15.9 Å². The van der Waals surface area contributed by atoms with Crippen molar-refractivity contribution >= 4 is 56.3 Å². The van der Waals surface area contributed by atoms with E-state index in [0.29, 0.717) is 17.4 Å². The van der Waals surface area contributed by atoms with Gasteiger partial charge in [0, 0.05) is 31.3 Å². The molecule has 1 atom stereocenters. The van der Waals surface area contributed by atoms with E-state index in [-0.39, 0.29) is 27.4 Å². The molecule has 1 saturated heterocycles. The molecule has 0 spiro atoms. The molecule has 1 aliphatic rings. The molecule has 1 fully saturated rings. The van der Waals surface area contributed by atoms with E-state index in [4.69, 9.17) is 11.6 Å². The Morgan fingerprint density at radius 2 is 2.39 bits per heavy atom. The number of carbonyl (C=O) groups is 2. The number of nitrogens with zero attached hydrogens (tertiary/aromatic N) is 3. The van der Waals surface area contributed by atoms with Crippen molar-refractivity contribution in [3.63, 3.8) is 0 Å². The van der Waals surface area contributed by atoms with Crippen LogP contribution in [0.3, 0.4) is 0 Å². The van der Waals surface area contributed by atoms with Crippen molar-refractivity contribution in [3.8, 4) is 0 Å². The van der Waals surface area contributed by atoms with Gasteiger partial charge in [0.2, 0.25) is 11.9 Å². The molecule has 0 saturated carbocycles. The second-order valence-corrected chi connectivity index (χ2v) is 6.44. The highest BCUT2D eigenvalue weighted by atomic mass is 79.9. The molecule has 18 heavy (non-hydrogen) atoms. The summed E-state index contributed by atoms with van der Waals surface area (Å²) in [5, 5.41) is 0.223. The standard InChI is InChI=1S/C10H9BrClN3O2S/c1-5(16)18-6-2-8(17)15(4-6)10-13-3-7(11)9(12)14-10/h3,6H,2,4H2,1H3. The number of amides is 1. The average molecular weight is 351 g/mol. The molecular weight excluding hydrogens is 342 g/mol. The highest BCUT2D eigenvalue weighted by Crippen LogP contribution is 2.28. The third kappa shape index (κ3) is 3.02. The first-order valence-electron chi connectivity index (χ1n) is 5.13. The monoisotopic (exact) mass is 349 g/mol. The zero-order chi connectivity index (χ0) is 13.3. The Balaban J connectivity index is 2.16. The highest BCUT2D eigenvalue weighted by Gasteiger charge is 2.33. The van der Waals surface area contributed by atoms with Crippen molar-refractivity contribution < 1.29 is 9.59 Å². The average Bonchev–Trinajstić information content (AvgIpc) is 2.62. The number of carbonyl (C=O) groups excluding carboxylic acids is 2. The fourth-order valence-electron chi connectivity index (χ4n) is 1.65. The molecule has 1 aliphatic heterocycles. The summed E-state index contributed by atoms with van der Waals surface area (Å²) in [6.45, 7) is 1.92. The van der Waals surface area contributed by atoms with Gasteiger partial charge in [-0.1, -0.05) is 23.4 Å². The van der Waals surface area contributed by atoms with Crippen molar-refractivity contribution in [2.45, 2.75) is 18.6 Å². The van der Waals surface area contributed by atoms with Crippen molar-refractivity contribution in [2.24, 2.45) is 0 Å². The molecule has 1 aromatic rings. The molecule has 5 nitrogen and oxygen atoms in total. The zero-order valence-corrected chi connectivity index (χ0v) is 12.5. The van der Waals surface area contributed by atoms with E-state index in [1.807, 2.05) is 0 Å². The van der Waals surface area contributed by atoms with Gasteiger partial charge in [0.25, 0.3) is 0 Å². The molecule has 1 aromatic heterocycles. The third-order valence-corrected chi connectivity index (χ3v) is 4.43. The first-order chi connectivity index (χ1) is 8.47. The summed E-state index contributed by atoms with van der Waals surface area (Å²) in [6.07, 6.45) is 1.82. The van der Waals surface area contributed by atoms with E-state index >= 15 is 0 Å². The lowest BCUT2D eigenvalue weighted by Crippen LogP contribution is -2.27. The second kappa shape index (κ2) is 5.54. The number of rotatable bonds is 2. The number of anilines is 1. The molecule has 0 aromatic carbocycles. The molecule has 2 heterocycles. The second-order valence-electron chi connectivity index (χ2n) is 3.75. The van der Waals surface area contributed by atoms with Crippen LogP contribution in [0.25, 0.3) is 0 Å². The summed E-state index contributed by atoms with van der Waals surface area (Å²) >= 11 is 10.2. The molecule has 0 radical (unpaired) electrons. The Bertz CT molecular complexity index is 514. The fraction of sp³-hybridized carbons (Fsp3) is 0.400. The van der Waals surface area contributed by atoms with Crippen LogP contribution in [0, 0.1) is 0 Å². The summed E-state index contributed by atoms with van der Waals surface area (Å²) in [6, 6.07) is 0. The number of hydrogen-bond donors (Lipinski definition) is 0. The van der Waals surface area contributed by atoms with Crippen LogP contribution in [0.5, 0.6) is 0 Å². The van der Waals surface area contributed by atoms with Gasteiger partial charge in [-0.3, -0.25) is 14.5 Å². The van der Waals surface area contributed by atoms with Crippen LogP contribution in [0.2, 0.25) is 5.15 Å². The van der Waals surface area contributed by atoms with Crippen LogP contribution in [0.15, 0.2) is 10.7 Å². The molecule has 8 heteroatoms.